The zero-order chi connectivity index (χ0) is 18.6. The molecule has 7 nitrogen and oxygen atoms in total. The summed E-state index contributed by atoms with van der Waals surface area (Å²) in [5, 5.41) is 22.4. The normalized spacial score (nSPS) is 11.6. The van der Waals surface area contributed by atoms with Gasteiger partial charge >= 0.3 is 11.7 Å². The summed E-state index contributed by atoms with van der Waals surface area (Å²) in [7, 11) is 0. The molecule has 0 aliphatic carbocycles. The van der Waals surface area contributed by atoms with Gasteiger partial charge in [0.05, 0.1) is 4.92 Å². The summed E-state index contributed by atoms with van der Waals surface area (Å²) in [6.07, 6.45) is -0.226. The monoisotopic (exact) mass is 410 g/mol. The number of nitro groups is 1. The van der Waals surface area contributed by atoms with Crippen LogP contribution < -0.4 is 5.32 Å². The van der Waals surface area contributed by atoms with Crippen LogP contribution in [-0.2, 0) is 11.2 Å². The summed E-state index contributed by atoms with van der Waals surface area (Å²) in [5.41, 5.74) is -0.277. The Labute approximate surface area is 149 Å². The second kappa shape index (κ2) is 7.84. The Kier molecular flexibility index (Phi) is 5.81. The fourth-order valence-electron chi connectivity index (χ4n) is 2.13. The first kappa shape index (κ1) is 18.5. The van der Waals surface area contributed by atoms with Crippen LogP contribution in [0.3, 0.4) is 0 Å². The highest BCUT2D eigenvalue weighted by Crippen LogP contribution is 2.19. The molecule has 2 rings (SSSR count). The van der Waals surface area contributed by atoms with E-state index in [0.717, 1.165) is 12.1 Å². The predicted octanol–water partition coefficient (Wildman–Crippen LogP) is 2.92. The molecular weight excluding hydrogens is 399 g/mol. The molecule has 0 aromatic heterocycles. The number of carbonyl (C=O) groups excluding carboxylic acids is 1. The largest absolute Gasteiger partial charge is 0.480 e. The lowest BCUT2D eigenvalue weighted by Gasteiger charge is -2.15. The number of nitrogens with zero attached hydrogens (tertiary/aromatic N) is 1. The number of hydrogen-bond acceptors (Lipinski definition) is 4. The third-order valence-electron chi connectivity index (χ3n) is 3.34. The van der Waals surface area contributed by atoms with Crippen molar-refractivity contribution in [1.82, 2.24) is 5.32 Å². The third-order valence-corrected chi connectivity index (χ3v) is 3.83. The molecule has 25 heavy (non-hydrogen) atoms. The first-order valence-corrected chi connectivity index (χ1v) is 7.79. The van der Waals surface area contributed by atoms with Crippen molar-refractivity contribution in [3.05, 3.63) is 74.0 Å². The van der Waals surface area contributed by atoms with Gasteiger partial charge in [-0.25, -0.2) is 4.79 Å². The molecule has 2 N–H and O–H groups in total. The number of nitro benzene ring substituents is 1. The highest BCUT2D eigenvalue weighted by Gasteiger charge is 2.23. The second-order valence-corrected chi connectivity index (χ2v) is 6.04. The fourth-order valence-corrected chi connectivity index (χ4v) is 2.53. The minimum absolute atomic E-state index is 0.218. The molecule has 1 amide bonds. The number of benzene rings is 2. The molecule has 0 spiro atoms. The minimum Gasteiger partial charge on any atom is -0.480 e. The molecular formula is C16H12BrFN2O5. The van der Waals surface area contributed by atoms with Crippen molar-refractivity contribution in [1.29, 1.82) is 0 Å². The lowest BCUT2D eigenvalue weighted by Crippen LogP contribution is -2.42. The van der Waals surface area contributed by atoms with Crippen LogP contribution in [0.4, 0.5) is 10.1 Å². The SMILES string of the molecule is O=C(N[C@@H](Cc1ccc(F)c([N+](=O)[O-])c1)C(=O)O)c1cccc(Br)c1. The minimum atomic E-state index is -1.32. The Morgan fingerprint density at radius 3 is 2.60 bits per heavy atom. The van der Waals surface area contributed by atoms with Crippen molar-refractivity contribution >= 4 is 33.5 Å². The smallest absolute Gasteiger partial charge is 0.326 e. The van der Waals surface area contributed by atoms with Gasteiger partial charge in [-0.15, -0.1) is 0 Å². The Morgan fingerprint density at radius 1 is 1.28 bits per heavy atom. The van der Waals surface area contributed by atoms with Gasteiger partial charge in [-0.3, -0.25) is 14.9 Å². The van der Waals surface area contributed by atoms with Crippen LogP contribution in [0.25, 0.3) is 0 Å². The first-order valence-electron chi connectivity index (χ1n) is 7.00. The molecule has 0 aliphatic rings. The standard InChI is InChI=1S/C16H12BrFN2O5/c17-11-3-1-2-10(8-11)15(21)19-13(16(22)23)6-9-4-5-12(18)14(7-9)20(24)25/h1-5,7-8,13H,6H2,(H,19,21)(H,22,23)/t13-/m0/s1. The number of hydrogen-bond donors (Lipinski definition) is 2. The summed E-state index contributed by atoms with van der Waals surface area (Å²) >= 11 is 3.21. The Morgan fingerprint density at radius 2 is 2.00 bits per heavy atom. The van der Waals surface area contributed by atoms with Crippen LogP contribution in [0.1, 0.15) is 15.9 Å². The summed E-state index contributed by atoms with van der Waals surface area (Å²) in [6, 6.07) is 8.14. The van der Waals surface area contributed by atoms with Gasteiger partial charge in [0.1, 0.15) is 6.04 Å². The number of rotatable bonds is 6. The van der Waals surface area contributed by atoms with Gasteiger partial charge in [0.2, 0.25) is 5.82 Å². The number of amides is 1. The van der Waals surface area contributed by atoms with E-state index in [2.05, 4.69) is 21.2 Å². The number of halogens is 2. The van der Waals surface area contributed by atoms with Crippen molar-refractivity contribution in [3.63, 3.8) is 0 Å². The van der Waals surface area contributed by atoms with Crippen LogP contribution in [0.2, 0.25) is 0 Å². The van der Waals surface area contributed by atoms with Gasteiger partial charge in [-0.05, 0) is 29.8 Å². The molecule has 2 aromatic rings. The number of carbonyl (C=O) groups is 2. The molecule has 0 saturated heterocycles. The van der Waals surface area contributed by atoms with Gasteiger partial charge in [-0.1, -0.05) is 28.1 Å². The summed E-state index contributed by atoms with van der Waals surface area (Å²) in [4.78, 5) is 33.4. The molecule has 0 aliphatic heterocycles. The highest BCUT2D eigenvalue weighted by molar-refractivity contribution is 9.10. The molecule has 9 heteroatoms. The zero-order valence-electron chi connectivity index (χ0n) is 12.6. The van der Waals surface area contributed by atoms with E-state index in [-0.39, 0.29) is 17.5 Å². The van der Waals surface area contributed by atoms with Crippen molar-refractivity contribution in [2.45, 2.75) is 12.5 Å². The van der Waals surface area contributed by atoms with E-state index < -0.39 is 34.3 Å². The highest BCUT2D eigenvalue weighted by atomic mass is 79.9. The Bertz CT molecular complexity index is 843. The first-order chi connectivity index (χ1) is 11.8. The van der Waals surface area contributed by atoms with Crippen molar-refractivity contribution in [2.24, 2.45) is 0 Å². The maximum absolute atomic E-state index is 13.4. The van der Waals surface area contributed by atoms with Crippen molar-refractivity contribution in [3.8, 4) is 0 Å². The Balaban J connectivity index is 2.19. The Hall–Kier alpha value is -2.81. The number of nitrogens with one attached hydrogen (secondary N) is 1. The van der Waals surface area contributed by atoms with E-state index in [1.165, 1.54) is 18.2 Å². The predicted molar refractivity (Wildman–Crippen MR) is 89.8 cm³/mol. The fraction of sp³-hybridized carbons (Fsp3) is 0.125. The van der Waals surface area contributed by atoms with Crippen LogP contribution in [0, 0.1) is 15.9 Å². The van der Waals surface area contributed by atoms with E-state index in [9.17, 15) is 29.2 Å². The lowest BCUT2D eigenvalue weighted by atomic mass is 10.0. The summed E-state index contributed by atoms with van der Waals surface area (Å²) < 4.78 is 14.0. The van der Waals surface area contributed by atoms with E-state index in [1.54, 1.807) is 12.1 Å². The topological polar surface area (TPSA) is 110 Å². The molecule has 0 bridgehead atoms. The lowest BCUT2D eigenvalue weighted by molar-refractivity contribution is -0.387. The van der Waals surface area contributed by atoms with E-state index in [1.807, 2.05) is 0 Å². The molecule has 0 heterocycles. The second-order valence-electron chi connectivity index (χ2n) is 5.12. The molecule has 130 valence electrons. The third kappa shape index (κ3) is 4.83. The summed E-state index contributed by atoms with van der Waals surface area (Å²) in [6.45, 7) is 0. The maximum Gasteiger partial charge on any atom is 0.326 e. The van der Waals surface area contributed by atoms with Crippen molar-refractivity contribution in [2.75, 3.05) is 0 Å². The molecule has 0 fully saturated rings. The molecule has 0 saturated carbocycles. The number of aliphatic carboxylic acids is 1. The van der Waals surface area contributed by atoms with Crippen molar-refractivity contribution < 1.29 is 24.0 Å². The zero-order valence-corrected chi connectivity index (χ0v) is 14.2. The van der Waals surface area contributed by atoms with Crippen LogP contribution >= 0.6 is 15.9 Å². The average Bonchev–Trinajstić information content (AvgIpc) is 2.55. The van der Waals surface area contributed by atoms with Crippen LogP contribution in [0.5, 0.6) is 0 Å². The van der Waals surface area contributed by atoms with Gasteiger partial charge in [0.25, 0.3) is 5.91 Å². The number of carboxylic acid groups (broad SMARTS) is 1. The molecule has 0 radical (unpaired) electrons. The van der Waals surface area contributed by atoms with E-state index in [0.29, 0.717) is 4.47 Å². The van der Waals surface area contributed by atoms with Gasteiger partial charge in [-0.2, -0.15) is 4.39 Å². The average molecular weight is 411 g/mol. The quantitative estimate of drug-likeness (QED) is 0.561. The maximum atomic E-state index is 13.4. The number of carboxylic acids is 1. The van der Waals surface area contributed by atoms with Gasteiger partial charge in [0.15, 0.2) is 0 Å². The summed E-state index contributed by atoms with van der Waals surface area (Å²) in [5.74, 6) is -2.93. The molecule has 1 atom stereocenters. The van der Waals surface area contributed by atoms with Crippen LogP contribution in [-0.4, -0.2) is 27.9 Å². The molecule has 2 aromatic carbocycles. The van der Waals surface area contributed by atoms with Crippen LogP contribution in [0.15, 0.2) is 46.9 Å². The van der Waals surface area contributed by atoms with Gasteiger partial charge in [0, 0.05) is 22.5 Å². The van der Waals surface area contributed by atoms with Gasteiger partial charge < -0.3 is 10.4 Å². The molecule has 0 unspecified atom stereocenters. The van der Waals surface area contributed by atoms with E-state index >= 15 is 0 Å². The van der Waals surface area contributed by atoms with E-state index in [4.69, 9.17) is 0 Å².